The summed E-state index contributed by atoms with van der Waals surface area (Å²) >= 11 is 3.35. The number of hydrogen-bond donors (Lipinski definition) is 1. The molecule has 1 aromatic rings. The average Bonchev–Trinajstić information content (AvgIpc) is 2.47. The highest BCUT2D eigenvalue weighted by Gasteiger charge is 2.22. The second-order valence-electron chi connectivity index (χ2n) is 4.61. The summed E-state index contributed by atoms with van der Waals surface area (Å²) in [5.41, 5.74) is 3.11. The zero-order valence-corrected chi connectivity index (χ0v) is 12.6. The first-order chi connectivity index (χ1) is 9.66. The Morgan fingerprint density at radius 2 is 2.00 bits per heavy atom. The van der Waals surface area contributed by atoms with Gasteiger partial charge >= 0.3 is 11.8 Å². The summed E-state index contributed by atoms with van der Waals surface area (Å²) in [4.78, 5) is 25.1. The summed E-state index contributed by atoms with van der Waals surface area (Å²) in [7, 11) is 0. The highest BCUT2D eigenvalue weighted by Crippen LogP contribution is 2.10. The standard InChI is InChI=1S/C14H16BrN3O2/c15-12-6-4-5-11(9-12)10-16-17-13(19)14(20)18-7-2-1-3-8-18/h4-6,9-10H,1-3,7-8H2,(H,17,19)/b16-10-. The third kappa shape index (κ3) is 4.16. The van der Waals surface area contributed by atoms with Gasteiger partial charge < -0.3 is 4.90 Å². The first-order valence-corrected chi connectivity index (χ1v) is 7.34. The first kappa shape index (κ1) is 14.7. The number of carbonyl (C=O) groups excluding carboxylic acids is 2. The van der Waals surface area contributed by atoms with E-state index in [-0.39, 0.29) is 0 Å². The first-order valence-electron chi connectivity index (χ1n) is 6.55. The molecule has 0 aliphatic carbocycles. The molecule has 0 aromatic heterocycles. The van der Waals surface area contributed by atoms with Crippen LogP contribution >= 0.6 is 15.9 Å². The molecule has 5 nitrogen and oxygen atoms in total. The minimum Gasteiger partial charge on any atom is -0.334 e. The maximum atomic E-state index is 11.8. The van der Waals surface area contributed by atoms with E-state index in [4.69, 9.17) is 0 Å². The number of halogens is 1. The number of carbonyl (C=O) groups is 2. The van der Waals surface area contributed by atoms with Crippen molar-refractivity contribution in [3.8, 4) is 0 Å². The lowest BCUT2D eigenvalue weighted by Crippen LogP contribution is -2.43. The zero-order valence-electron chi connectivity index (χ0n) is 11.0. The van der Waals surface area contributed by atoms with Gasteiger partial charge in [0.1, 0.15) is 0 Å². The number of nitrogens with zero attached hydrogens (tertiary/aromatic N) is 2. The Bertz CT molecular complexity index is 525. The summed E-state index contributed by atoms with van der Waals surface area (Å²) in [6.07, 6.45) is 4.54. The molecule has 0 bridgehead atoms. The molecule has 1 aliphatic heterocycles. The van der Waals surface area contributed by atoms with Crippen LogP contribution in [0.5, 0.6) is 0 Å². The third-order valence-electron chi connectivity index (χ3n) is 3.07. The molecule has 0 radical (unpaired) electrons. The SMILES string of the molecule is O=C(N/N=C\c1cccc(Br)c1)C(=O)N1CCCCC1. The fourth-order valence-electron chi connectivity index (χ4n) is 2.04. The molecule has 1 saturated heterocycles. The number of hydrogen-bond acceptors (Lipinski definition) is 3. The van der Waals surface area contributed by atoms with Crippen LogP contribution in [0.2, 0.25) is 0 Å². The molecule has 0 atom stereocenters. The van der Waals surface area contributed by atoms with Crippen LogP contribution in [0.4, 0.5) is 0 Å². The molecule has 1 heterocycles. The number of hydrazone groups is 1. The van der Waals surface area contributed by atoms with Gasteiger partial charge in [0.25, 0.3) is 0 Å². The molecule has 0 saturated carbocycles. The molecule has 0 unspecified atom stereocenters. The van der Waals surface area contributed by atoms with Crippen LogP contribution in [0.3, 0.4) is 0 Å². The molecule has 1 N–H and O–H groups in total. The van der Waals surface area contributed by atoms with E-state index in [9.17, 15) is 9.59 Å². The van der Waals surface area contributed by atoms with Crippen LogP contribution in [0.1, 0.15) is 24.8 Å². The van der Waals surface area contributed by atoms with Crippen LogP contribution in [-0.4, -0.2) is 36.0 Å². The predicted octanol–water partition coefficient (Wildman–Crippen LogP) is 1.91. The van der Waals surface area contributed by atoms with Crippen molar-refractivity contribution in [1.29, 1.82) is 0 Å². The lowest BCUT2D eigenvalue weighted by atomic mass is 10.1. The summed E-state index contributed by atoms with van der Waals surface area (Å²) in [5.74, 6) is -1.19. The van der Waals surface area contributed by atoms with E-state index in [1.54, 1.807) is 4.90 Å². The lowest BCUT2D eigenvalue weighted by molar-refractivity contribution is -0.146. The monoisotopic (exact) mass is 337 g/mol. The molecule has 0 spiro atoms. The van der Waals surface area contributed by atoms with Crippen LogP contribution in [0.25, 0.3) is 0 Å². The van der Waals surface area contributed by atoms with Crippen molar-refractivity contribution in [2.75, 3.05) is 13.1 Å². The molecule has 20 heavy (non-hydrogen) atoms. The second-order valence-corrected chi connectivity index (χ2v) is 5.52. The fourth-order valence-corrected chi connectivity index (χ4v) is 2.46. The molecular formula is C14H16BrN3O2. The molecule has 2 amide bonds. The minimum atomic E-state index is -0.682. The Balaban J connectivity index is 1.86. The molecule has 1 aliphatic rings. The van der Waals surface area contributed by atoms with E-state index in [0.717, 1.165) is 29.3 Å². The number of benzene rings is 1. The van der Waals surface area contributed by atoms with Gasteiger partial charge in [-0.3, -0.25) is 9.59 Å². The van der Waals surface area contributed by atoms with E-state index in [1.165, 1.54) is 6.21 Å². The number of likely N-dealkylation sites (tertiary alicyclic amines) is 1. The molecule has 2 rings (SSSR count). The van der Waals surface area contributed by atoms with Crippen molar-refractivity contribution < 1.29 is 9.59 Å². The van der Waals surface area contributed by atoms with Gasteiger partial charge in [0.05, 0.1) is 6.21 Å². The number of rotatable bonds is 2. The normalized spacial score (nSPS) is 15.3. The van der Waals surface area contributed by atoms with Crippen molar-refractivity contribution in [3.05, 3.63) is 34.3 Å². The molecule has 1 fully saturated rings. The molecule has 106 valence electrons. The quantitative estimate of drug-likeness (QED) is 0.509. The number of nitrogens with one attached hydrogen (secondary N) is 1. The Hall–Kier alpha value is -1.69. The van der Waals surface area contributed by atoms with E-state index in [2.05, 4.69) is 26.5 Å². The highest BCUT2D eigenvalue weighted by atomic mass is 79.9. The van der Waals surface area contributed by atoms with Crippen molar-refractivity contribution in [2.24, 2.45) is 5.10 Å². The van der Waals surface area contributed by atoms with E-state index >= 15 is 0 Å². The molecule has 6 heteroatoms. The molecule has 1 aromatic carbocycles. The maximum Gasteiger partial charge on any atom is 0.329 e. The van der Waals surface area contributed by atoms with E-state index < -0.39 is 11.8 Å². The number of amides is 2. The second kappa shape index (κ2) is 7.19. The Kier molecular flexibility index (Phi) is 5.29. The fraction of sp³-hybridized carbons (Fsp3) is 0.357. The van der Waals surface area contributed by atoms with Crippen molar-refractivity contribution in [3.63, 3.8) is 0 Å². The Morgan fingerprint density at radius 1 is 1.25 bits per heavy atom. The van der Waals surface area contributed by atoms with Crippen LogP contribution in [-0.2, 0) is 9.59 Å². The zero-order chi connectivity index (χ0) is 14.4. The van der Waals surface area contributed by atoms with Gasteiger partial charge in [-0.15, -0.1) is 0 Å². The highest BCUT2D eigenvalue weighted by molar-refractivity contribution is 9.10. The van der Waals surface area contributed by atoms with Gasteiger partial charge in [0.2, 0.25) is 0 Å². The van der Waals surface area contributed by atoms with Gasteiger partial charge in [-0.25, -0.2) is 5.43 Å². The van der Waals surface area contributed by atoms with Crippen molar-refractivity contribution >= 4 is 34.0 Å². The van der Waals surface area contributed by atoms with Gasteiger partial charge in [0, 0.05) is 17.6 Å². The van der Waals surface area contributed by atoms with Crippen molar-refractivity contribution in [2.45, 2.75) is 19.3 Å². The maximum absolute atomic E-state index is 11.8. The predicted molar refractivity (Wildman–Crippen MR) is 80.3 cm³/mol. The van der Waals surface area contributed by atoms with Crippen LogP contribution in [0, 0.1) is 0 Å². The van der Waals surface area contributed by atoms with Crippen molar-refractivity contribution in [1.82, 2.24) is 10.3 Å². The largest absolute Gasteiger partial charge is 0.334 e. The van der Waals surface area contributed by atoms with E-state index in [0.29, 0.717) is 13.1 Å². The van der Waals surface area contributed by atoms with Gasteiger partial charge in [0.15, 0.2) is 0 Å². The smallest absolute Gasteiger partial charge is 0.329 e. The van der Waals surface area contributed by atoms with Gasteiger partial charge in [-0.05, 0) is 37.0 Å². The summed E-state index contributed by atoms with van der Waals surface area (Å²) in [5, 5.41) is 3.81. The van der Waals surface area contributed by atoms with Crippen LogP contribution < -0.4 is 5.43 Å². The summed E-state index contributed by atoms with van der Waals surface area (Å²) in [6.45, 7) is 1.31. The number of piperidine rings is 1. The Morgan fingerprint density at radius 3 is 2.70 bits per heavy atom. The third-order valence-corrected chi connectivity index (χ3v) is 3.56. The Labute approximate surface area is 126 Å². The summed E-state index contributed by atoms with van der Waals surface area (Å²) in [6, 6.07) is 7.48. The minimum absolute atomic E-state index is 0.504. The topological polar surface area (TPSA) is 61.8 Å². The van der Waals surface area contributed by atoms with E-state index in [1.807, 2.05) is 24.3 Å². The lowest BCUT2D eigenvalue weighted by Gasteiger charge is -2.25. The summed E-state index contributed by atoms with van der Waals surface area (Å²) < 4.78 is 0.928. The molecular weight excluding hydrogens is 322 g/mol. The average molecular weight is 338 g/mol. The van der Waals surface area contributed by atoms with Gasteiger partial charge in [-0.1, -0.05) is 28.1 Å². The van der Waals surface area contributed by atoms with Gasteiger partial charge in [-0.2, -0.15) is 5.10 Å². The van der Waals surface area contributed by atoms with Crippen LogP contribution in [0.15, 0.2) is 33.8 Å².